The summed E-state index contributed by atoms with van der Waals surface area (Å²) in [7, 11) is 0. The first kappa shape index (κ1) is 23.2. The highest BCUT2D eigenvalue weighted by Crippen LogP contribution is 2.41. The fourth-order valence-electron chi connectivity index (χ4n) is 3.68. The molecule has 2 fully saturated rings. The van der Waals surface area contributed by atoms with Crippen molar-refractivity contribution in [3.05, 3.63) is 29.7 Å². The van der Waals surface area contributed by atoms with Gasteiger partial charge >= 0.3 is 6.18 Å². The smallest absolute Gasteiger partial charge is 0.422 e. The number of ether oxygens (including phenoxy) is 1. The Morgan fingerprint density at radius 3 is 2.58 bits per heavy atom. The third-order valence-corrected chi connectivity index (χ3v) is 5.46. The van der Waals surface area contributed by atoms with Crippen LogP contribution in [0.2, 0.25) is 0 Å². The van der Waals surface area contributed by atoms with Crippen LogP contribution >= 0.6 is 0 Å². The van der Waals surface area contributed by atoms with Gasteiger partial charge in [-0.25, -0.2) is 13.8 Å². The van der Waals surface area contributed by atoms with Crippen molar-refractivity contribution < 1.29 is 36.0 Å². The fourth-order valence-corrected chi connectivity index (χ4v) is 3.68. The second kappa shape index (κ2) is 8.10. The number of hydrogen-bond donors (Lipinski definition) is 1. The number of nitrogens with zero attached hydrogens (tertiary/aromatic N) is 4. The summed E-state index contributed by atoms with van der Waals surface area (Å²) < 4.78 is 74.6. The lowest BCUT2D eigenvalue weighted by Crippen LogP contribution is -2.56. The van der Waals surface area contributed by atoms with Crippen molar-refractivity contribution in [3.63, 3.8) is 0 Å². The van der Waals surface area contributed by atoms with Crippen molar-refractivity contribution in [2.45, 2.75) is 50.7 Å². The van der Waals surface area contributed by atoms with Gasteiger partial charge in [0.05, 0.1) is 25.0 Å². The molecule has 2 aliphatic rings. The summed E-state index contributed by atoms with van der Waals surface area (Å²) in [4.78, 5) is 22.3. The van der Waals surface area contributed by atoms with E-state index in [1.54, 1.807) is 13.8 Å². The summed E-state index contributed by atoms with van der Waals surface area (Å²) >= 11 is 0. The molecule has 1 amide bonds. The van der Waals surface area contributed by atoms with E-state index in [0.717, 1.165) is 30.0 Å². The predicted octanol–water partition coefficient (Wildman–Crippen LogP) is 3.61. The van der Waals surface area contributed by atoms with Crippen molar-refractivity contribution in [2.75, 3.05) is 24.6 Å². The number of rotatable bonds is 8. The zero-order valence-electron chi connectivity index (χ0n) is 17.9. The normalized spacial score (nSPS) is 19.5. The standard InChI is InChI=1S/C20H22F5N5O3/c1-11-27-17(29-33-11)18(2,6-12-3-4-12)28-16(31)13-5-15(32-10-20(23,24)25)14(7-26-13)30-8-19(21,22)9-30/h5,7,12H,3-4,6,8-10H2,1-2H3,(H,28,31)/t18-/m1/s1. The highest BCUT2D eigenvalue weighted by Gasteiger charge is 2.45. The van der Waals surface area contributed by atoms with Crippen LogP contribution in [0.1, 0.15) is 48.4 Å². The van der Waals surface area contributed by atoms with Crippen LogP contribution < -0.4 is 15.0 Å². The lowest BCUT2D eigenvalue weighted by molar-refractivity contribution is -0.153. The van der Waals surface area contributed by atoms with Crippen LogP contribution in [0, 0.1) is 12.8 Å². The summed E-state index contributed by atoms with van der Waals surface area (Å²) in [5.41, 5.74) is -1.27. The molecule has 4 rings (SSSR count). The van der Waals surface area contributed by atoms with Gasteiger partial charge < -0.3 is 19.5 Å². The third kappa shape index (κ3) is 5.50. The molecule has 0 aromatic carbocycles. The molecular weight excluding hydrogens is 453 g/mol. The molecule has 0 spiro atoms. The maximum Gasteiger partial charge on any atom is 0.422 e. The van der Waals surface area contributed by atoms with Gasteiger partial charge in [-0.15, -0.1) is 0 Å². The molecular formula is C20H22F5N5O3. The quantitative estimate of drug-likeness (QED) is 0.583. The van der Waals surface area contributed by atoms with Crippen LogP contribution in [-0.2, 0) is 5.54 Å². The molecule has 8 nitrogen and oxygen atoms in total. The average Bonchev–Trinajstić information content (AvgIpc) is 3.39. The molecule has 1 saturated heterocycles. The molecule has 180 valence electrons. The predicted molar refractivity (Wildman–Crippen MR) is 104 cm³/mol. The van der Waals surface area contributed by atoms with E-state index in [-0.39, 0.29) is 23.0 Å². The van der Waals surface area contributed by atoms with Crippen LogP contribution in [0.25, 0.3) is 0 Å². The number of halogens is 5. The highest BCUT2D eigenvalue weighted by molar-refractivity contribution is 5.93. The summed E-state index contributed by atoms with van der Waals surface area (Å²) in [6, 6.07) is 1.02. The number of hydrogen-bond acceptors (Lipinski definition) is 7. The van der Waals surface area contributed by atoms with E-state index in [0.29, 0.717) is 18.2 Å². The van der Waals surface area contributed by atoms with Crippen LogP contribution in [0.15, 0.2) is 16.8 Å². The van der Waals surface area contributed by atoms with Crippen molar-refractivity contribution in [1.82, 2.24) is 20.4 Å². The van der Waals surface area contributed by atoms with E-state index in [4.69, 9.17) is 9.26 Å². The first-order valence-corrected chi connectivity index (χ1v) is 10.3. The van der Waals surface area contributed by atoms with Crippen LogP contribution in [0.3, 0.4) is 0 Å². The fraction of sp³-hybridized carbons (Fsp3) is 0.600. The molecule has 0 radical (unpaired) electrons. The Morgan fingerprint density at radius 1 is 1.33 bits per heavy atom. The molecule has 1 saturated carbocycles. The summed E-state index contributed by atoms with van der Waals surface area (Å²) in [5.74, 6) is -3.06. The Balaban J connectivity index is 1.58. The van der Waals surface area contributed by atoms with E-state index in [9.17, 15) is 26.7 Å². The Bertz CT molecular complexity index is 1030. The molecule has 1 atom stereocenters. The number of carbonyl (C=O) groups is 1. The molecule has 2 aromatic heterocycles. The van der Waals surface area contributed by atoms with Crippen molar-refractivity contribution >= 4 is 11.6 Å². The number of carbonyl (C=O) groups excluding carboxylic acids is 1. The van der Waals surface area contributed by atoms with Gasteiger partial charge in [-0.3, -0.25) is 4.79 Å². The summed E-state index contributed by atoms with van der Waals surface area (Å²) in [6.45, 7) is 0.333. The van der Waals surface area contributed by atoms with Gasteiger partial charge in [0, 0.05) is 13.0 Å². The van der Waals surface area contributed by atoms with E-state index in [1.165, 1.54) is 0 Å². The van der Waals surface area contributed by atoms with E-state index in [2.05, 4.69) is 20.4 Å². The molecule has 1 N–H and O–H groups in total. The van der Waals surface area contributed by atoms with Crippen molar-refractivity contribution in [2.24, 2.45) is 5.92 Å². The second-order valence-electron chi connectivity index (χ2n) is 8.72. The number of amides is 1. The molecule has 0 bridgehead atoms. The topological polar surface area (TPSA) is 93.4 Å². The number of nitrogens with one attached hydrogen (secondary N) is 1. The minimum Gasteiger partial charge on any atom is -0.482 e. The van der Waals surface area contributed by atoms with E-state index in [1.807, 2.05) is 0 Å². The molecule has 33 heavy (non-hydrogen) atoms. The SMILES string of the molecule is Cc1nc([C@@](C)(CC2CC2)NC(=O)c2cc(OCC(F)(F)F)c(N3CC(F)(F)C3)cn2)no1. The average molecular weight is 475 g/mol. The van der Waals surface area contributed by atoms with Crippen LogP contribution in [-0.4, -0.2) is 52.8 Å². The Hall–Kier alpha value is -2.99. The summed E-state index contributed by atoms with van der Waals surface area (Å²) in [5, 5.41) is 6.71. The van der Waals surface area contributed by atoms with Crippen LogP contribution in [0.5, 0.6) is 5.75 Å². The number of anilines is 1. The number of aryl methyl sites for hydroxylation is 1. The highest BCUT2D eigenvalue weighted by atomic mass is 19.4. The Kier molecular flexibility index (Phi) is 5.69. The number of aromatic nitrogens is 3. The minimum absolute atomic E-state index is 0.0451. The van der Waals surface area contributed by atoms with Gasteiger partial charge in [0.2, 0.25) is 5.89 Å². The first-order chi connectivity index (χ1) is 15.3. The van der Waals surface area contributed by atoms with Crippen molar-refractivity contribution in [1.29, 1.82) is 0 Å². The van der Waals surface area contributed by atoms with Gasteiger partial charge in [0.25, 0.3) is 11.8 Å². The molecule has 1 aliphatic heterocycles. The lowest BCUT2D eigenvalue weighted by atomic mass is 9.93. The van der Waals surface area contributed by atoms with Gasteiger partial charge in [-0.1, -0.05) is 18.0 Å². The first-order valence-electron chi connectivity index (χ1n) is 10.3. The molecule has 0 unspecified atom stereocenters. The number of pyridine rings is 1. The van der Waals surface area contributed by atoms with E-state index < -0.39 is 43.2 Å². The van der Waals surface area contributed by atoms with Gasteiger partial charge in [0.1, 0.15) is 17.0 Å². The maximum atomic E-state index is 13.3. The van der Waals surface area contributed by atoms with E-state index >= 15 is 0 Å². The minimum atomic E-state index is -4.65. The monoisotopic (exact) mass is 475 g/mol. The Morgan fingerprint density at radius 2 is 2.03 bits per heavy atom. The largest absolute Gasteiger partial charge is 0.482 e. The molecule has 2 aromatic rings. The van der Waals surface area contributed by atoms with Gasteiger partial charge in [-0.05, 0) is 19.3 Å². The lowest BCUT2D eigenvalue weighted by Gasteiger charge is -2.40. The van der Waals surface area contributed by atoms with Gasteiger partial charge in [-0.2, -0.15) is 18.2 Å². The second-order valence-corrected chi connectivity index (χ2v) is 8.72. The third-order valence-electron chi connectivity index (χ3n) is 5.46. The Labute approximate surface area is 185 Å². The maximum absolute atomic E-state index is 13.3. The van der Waals surface area contributed by atoms with Gasteiger partial charge in [0.15, 0.2) is 12.4 Å². The summed E-state index contributed by atoms with van der Waals surface area (Å²) in [6.07, 6.45) is -1.07. The zero-order valence-corrected chi connectivity index (χ0v) is 17.9. The van der Waals surface area contributed by atoms with Crippen LogP contribution in [0.4, 0.5) is 27.6 Å². The number of alkyl halides is 5. The molecule has 1 aliphatic carbocycles. The van der Waals surface area contributed by atoms with Crippen molar-refractivity contribution in [3.8, 4) is 5.75 Å². The molecule has 3 heterocycles. The molecule has 13 heteroatoms. The zero-order chi connectivity index (χ0) is 24.0.